The monoisotopic (exact) mass is 388 g/mol. The highest BCUT2D eigenvalue weighted by Gasteiger charge is 2.28. The molecule has 1 fully saturated rings. The second kappa shape index (κ2) is 10.7. The Labute approximate surface area is 154 Å². The first kappa shape index (κ1) is 22.9. The number of piperazine rings is 1. The zero-order valence-corrected chi connectivity index (χ0v) is 15.8. The minimum atomic E-state index is -0.607. The maximum Gasteiger partial charge on any atom is 0.149 e. The van der Waals surface area contributed by atoms with Crippen LogP contribution in [0.5, 0.6) is 0 Å². The van der Waals surface area contributed by atoms with E-state index < -0.39 is 11.6 Å². The predicted octanol–water partition coefficient (Wildman–Crippen LogP) is 4.84. The van der Waals surface area contributed by atoms with E-state index in [2.05, 4.69) is 24.1 Å². The average molecular weight is 390 g/mol. The molecule has 0 radical (unpaired) electrons. The van der Waals surface area contributed by atoms with Crippen LogP contribution in [0.1, 0.15) is 38.3 Å². The highest BCUT2D eigenvalue weighted by Crippen LogP contribution is 2.34. The van der Waals surface area contributed by atoms with Crippen LogP contribution in [0.3, 0.4) is 0 Å². The molecule has 0 bridgehead atoms. The van der Waals surface area contributed by atoms with Gasteiger partial charge < -0.3 is 5.32 Å². The van der Waals surface area contributed by atoms with Gasteiger partial charge in [-0.15, -0.1) is 24.8 Å². The number of rotatable bonds is 5. The number of nitrogens with zero attached hydrogens (tertiary/aromatic N) is 1. The van der Waals surface area contributed by atoms with E-state index in [4.69, 9.17) is 11.6 Å². The van der Waals surface area contributed by atoms with Crippen LogP contribution in [0.25, 0.3) is 0 Å². The first-order valence-electron chi connectivity index (χ1n) is 7.59. The Morgan fingerprint density at radius 1 is 1.13 bits per heavy atom. The Kier molecular flexibility index (Phi) is 10.6. The molecule has 1 aliphatic rings. The van der Waals surface area contributed by atoms with Gasteiger partial charge in [0.25, 0.3) is 0 Å². The summed E-state index contributed by atoms with van der Waals surface area (Å²) >= 11 is 5.86. The standard InChI is InChI=1S/C16H23ClF2N2.2ClH/c1-11(2)3-6-14(21-9-7-20-8-10-21)15-13(18)5-4-12(17)16(15)19;;/h4-5,11,14,20H,3,6-10H2,1-2H3;2*1H/t14-;;/m0../s1. The summed E-state index contributed by atoms with van der Waals surface area (Å²) < 4.78 is 28.6. The molecule has 0 saturated carbocycles. The van der Waals surface area contributed by atoms with Gasteiger partial charge >= 0.3 is 0 Å². The van der Waals surface area contributed by atoms with Crippen molar-refractivity contribution in [3.05, 3.63) is 34.4 Å². The molecule has 1 saturated heterocycles. The van der Waals surface area contributed by atoms with Gasteiger partial charge in [-0.05, 0) is 30.9 Å². The van der Waals surface area contributed by atoms with Crippen LogP contribution in [0.4, 0.5) is 8.78 Å². The fraction of sp³-hybridized carbons (Fsp3) is 0.625. The van der Waals surface area contributed by atoms with Crippen LogP contribution in [0, 0.1) is 17.6 Å². The molecule has 1 atom stereocenters. The van der Waals surface area contributed by atoms with Gasteiger partial charge in [0, 0.05) is 37.8 Å². The van der Waals surface area contributed by atoms with Crippen LogP contribution >= 0.6 is 36.4 Å². The summed E-state index contributed by atoms with van der Waals surface area (Å²) in [5.41, 5.74) is 0.130. The molecule has 1 N–H and O–H groups in total. The summed E-state index contributed by atoms with van der Waals surface area (Å²) in [5.74, 6) is -0.603. The molecule has 0 amide bonds. The van der Waals surface area contributed by atoms with Crippen molar-refractivity contribution in [3.63, 3.8) is 0 Å². The quantitative estimate of drug-likeness (QED) is 0.725. The van der Waals surface area contributed by atoms with Gasteiger partial charge in [0.15, 0.2) is 0 Å². The lowest BCUT2D eigenvalue weighted by Gasteiger charge is -2.36. The highest BCUT2D eigenvalue weighted by atomic mass is 35.5. The Bertz CT molecular complexity index is 481. The number of nitrogens with one attached hydrogen (secondary N) is 1. The second-order valence-electron chi connectivity index (χ2n) is 6.03. The molecule has 2 nitrogen and oxygen atoms in total. The maximum absolute atomic E-state index is 14.4. The normalized spacial score (nSPS) is 16.6. The van der Waals surface area contributed by atoms with E-state index in [1.165, 1.54) is 12.1 Å². The Morgan fingerprint density at radius 2 is 1.74 bits per heavy atom. The first-order chi connectivity index (χ1) is 10.0. The SMILES string of the molecule is CC(C)CC[C@@H](c1c(F)ccc(Cl)c1F)N1CCNCC1.Cl.Cl. The first-order valence-corrected chi connectivity index (χ1v) is 7.96. The molecule has 23 heavy (non-hydrogen) atoms. The average Bonchev–Trinajstić information content (AvgIpc) is 2.47. The molecule has 1 aliphatic heterocycles. The van der Waals surface area contributed by atoms with Crippen LogP contribution < -0.4 is 5.32 Å². The maximum atomic E-state index is 14.4. The van der Waals surface area contributed by atoms with Crippen molar-refractivity contribution >= 4 is 36.4 Å². The van der Waals surface area contributed by atoms with Crippen molar-refractivity contribution in [2.24, 2.45) is 5.92 Å². The zero-order valence-electron chi connectivity index (χ0n) is 13.4. The molecule has 0 aliphatic carbocycles. The summed E-state index contributed by atoms with van der Waals surface area (Å²) in [5, 5.41) is 3.27. The van der Waals surface area contributed by atoms with E-state index >= 15 is 0 Å². The van der Waals surface area contributed by atoms with Crippen LogP contribution in [0.2, 0.25) is 5.02 Å². The lowest BCUT2D eigenvalue weighted by molar-refractivity contribution is 0.153. The molecule has 1 aromatic rings. The van der Waals surface area contributed by atoms with Gasteiger partial charge in [0.1, 0.15) is 11.6 Å². The predicted molar refractivity (Wildman–Crippen MR) is 97.1 cm³/mol. The number of halogens is 5. The lowest BCUT2D eigenvalue weighted by Crippen LogP contribution is -2.45. The molecule has 7 heteroatoms. The van der Waals surface area contributed by atoms with Crippen molar-refractivity contribution in [1.29, 1.82) is 0 Å². The van der Waals surface area contributed by atoms with E-state index in [0.717, 1.165) is 39.0 Å². The van der Waals surface area contributed by atoms with Crippen LogP contribution in [-0.4, -0.2) is 31.1 Å². The van der Waals surface area contributed by atoms with Gasteiger partial charge in [-0.3, -0.25) is 4.90 Å². The molecular formula is C16H25Cl3F2N2. The number of benzene rings is 1. The summed E-state index contributed by atoms with van der Waals surface area (Å²) in [6.07, 6.45) is 1.67. The van der Waals surface area contributed by atoms with Crippen LogP contribution in [-0.2, 0) is 0 Å². The third-order valence-electron chi connectivity index (χ3n) is 4.02. The van der Waals surface area contributed by atoms with E-state index in [0.29, 0.717) is 5.92 Å². The van der Waals surface area contributed by atoms with E-state index in [1.54, 1.807) is 0 Å². The Hall–Kier alpha value is -0.130. The molecular weight excluding hydrogens is 365 g/mol. The van der Waals surface area contributed by atoms with Crippen molar-refractivity contribution in [2.75, 3.05) is 26.2 Å². The fourth-order valence-electron chi connectivity index (χ4n) is 2.84. The fourth-order valence-corrected chi connectivity index (χ4v) is 3.01. The van der Waals surface area contributed by atoms with E-state index in [1.807, 2.05) is 0 Å². The Balaban J connectivity index is 0.00000242. The summed E-state index contributed by atoms with van der Waals surface area (Å²) in [6, 6.07) is 2.31. The van der Waals surface area contributed by atoms with Gasteiger partial charge in [-0.1, -0.05) is 25.4 Å². The molecule has 1 aromatic carbocycles. The minimum Gasteiger partial charge on any atom is -0.314 e. The molecule has 0 aromatic heterocycles. The molecule has 0 unspecified atom stereocenters. The molecule has 134 valence electrons. The third-order valence-corrected chi connectivity index (χ3v) is 4.31. The smallest absolute Gasteiger partial charge is 0.149 e. The minimum absolute atomic E-state index is 0. The number of hydrogen-bond acceptors (Lipinski definition) is 2. The molecule has 1 heterocycles. The van der Waals surface area contributed by atoms with Gasteiger partial charge in [0.2, 0.25) is 0 Å². The van der Waals surface area contributed by atoms with Gasteiger partial charge in [-0.25, -0.2) is 8.78 Å². The van der Waals surface area contributed by atoms with Crippen LogP contribution in [0.15, 0.2) is 12.1 Å². The number of hydrogen-bond donors (Lipinski definition) is 1. The largest absolute Gasteiger partial charge is 0.314 e. The summed E-state index contributed by atoms with van der Waals surface area (Å²) in [4.78, 5) is 2.16. The second-order valence-corrected chi connectivity index (χ2v) is 6.44. The van der Waals surface area contributed by atoms with Gasteiger partial charge in [-0.2, -0.15) is 0 Å². The van der Waals surface area contributed by atoms with Crippen molar-refractivity contribution in [3.8, 4) is 0 Å². The van der Waals surface area contributed by atoms with E-state index in [9.17, 15) is 8.78 Å². The lowest BCUT2D eigenvalue weighted by atomic mass is 9.95. The highest BCUT2D eigenvalue weighted by molar-refractivity contribution is 6.30. The topological polar surface area (TPSA) is 15.3 Å². The Morgan fingerprint density at radius 3 is 2.30 bits per heavy atom. The van der Waals surface area contributed by atoms with Crippen molar-refractivity contribution in [1.82, 2.24) is 10.2 Å². The van der Waals surface area contributed by atoms with Crippen molar-refractivity contribution in [2.45, 2.75) is 32.7 Å². The van der Waals surface area contributed by atoms with E-state index in [-0.39, 0.29) is 41.4 Å². The zero-order chi connectivity index (χ0) is 15.4. The summed E-state index contributed by atoms with van der Waals surface area (Å²) in [6.45, 7) is 7.55. The summed E-state index contributed by atoms with van der Waals surface area (Å²) in [7, 11) is 0. The third kappa shape index (κ3) is 6.02. The van der Waals surface area contributed by atoms with Gasteiger partial charge in [0.05, 0.1) is 5.02 Å². The van der Waals surface area contributed by atoms with Crippen molar-refractivity contribution < 1.29 is 8.78 Å². The molecule has 2 rings (SSSR count). The molecule has 0 spiro atoms.